The van der Waals surface area contributed by atoms with Gasteiger partial charge < -0.3 is 16.0 Å². The number of anilines is 1. The van der Waals surface area contributed by atoms with Gasteiger partial charge in [-0.2, -0.15) is 0 Å². The summed E-state index contributed by atoms with van der Waals surface area (Å²) in [6.45, 7) is 3.56. The number of hydrogen-bond donors (Lipinski definition) is 2. The van der Waals surface area contributed by atoms with Crippen molar-refractivity contribution in [2.45, 2.75) is 57.8 Å². The van der Waals surface area contributed by atoms with Crippen molar-refractivity contribution in [1.82, 2.24) is 10.3 Å². The molecule has 1 saturated heterocycles. The van der Waals surface area contributed by atoms with Crippen molar-refractivity contribution >= 4 is 47.2 Å². The van der Waals surface area contributed by atoms with Gasteiger partial charge in [0.1, 0.15) is 0 Å². The highest BCUT2D eigenvalue weighted by molar-refractivity contribution is 7.13. The number of nitrogens with two attached hydrogens (primary N) is 1. The third-order valence-corrected chi connectivity index (χ3v) is 6.45. The first-order chi connectivity index (χ1) is 11.7. The fraction of sp³-hybridized carbons (Fsp3) is 0.778. The van der Waals surface area contributed by atoms with Crippen molar-refractivity contribution in [3.05, 3.63) is 11.1 Å². The van der Waals surface area contributed by atoms with Crippen molar-refractivity contribution in [3.63, 3.8) is 0 Å². The predicted molar refractivity (Wildman–Crippen MR) is 114 cm³/mol. The molecule has 26 heavy (non-hydrogen) atoms. The lowest BCUT2D eigenvalue weighted by Crippen LogP contribution is -2.39. The van der Waals surface area contributed by atoms with E-state index in [-0.39, 0.29) is 36.1 Å². The largest absolute Gasteiger partial charge is 0.356 e. The molecule has 1 aliphatic carbocycles. The van der Waals surface area contributed by atoms with Crippen molar-refractivity contribution in [2.75, 3.05) is 31.1 Å². The highest BCUT2D eigenvalue weighted by Crippen LogP contribution is 2.38. The van der Waals surface area contributed by atoms with Crippen molar-refractivity contribution in [1.29, 1.82) is 0 Å². The summed E-state index contributed by atoms with van der Waals surface area (Å²) in [5.74, 6) is 0.150. The van der Waals surface area contributed by atoms with Crippen molar-refractivity contribution < 1.29 is 4.79 Å². The second-order valence-electron chi connectivity index (χ2n) is 7.36. The molecule has 0 atom stereocenters. The number of halogens is 2. The average Bonchev–Trinajstić information content (AvgIpc) is 3.27. The van der Waals surface area contributed by atoms with E-state index in [0.29, 0.717) is 19.5 Å². The van der Waals surface area contributed by atoms with Gasteiger partial charge in [-0.05, 0) is 37.6 Å². The van der Waals surface area contributed by atoms with E-state index in [0.717, 1.165) is 43.2 Å². The van der Waals surface area contributed by atoms with Gasteiger partial charge in [-0.15, -0.1) is 36.2 Å². The maximum Gasteiger partial charge on any atom is 0.220 e. The zero-order valence-corrected chi connectivity index (χ0v) is 17.8. The number of hydrogen-bond acceptors (Lipinski definition) is 5. The Balaban J connectivity index is 0.00000169. The van der Waals surface area contributed by atoms with E-state index in [1.165, 1.54) is 32.1 Å². The SMILES string of the molecule is Cl.Cl.NCC1(CC(=O)NCCc2csc(N3CCCC3)n2)CCCCC1. The zero-order chi connectivity index (χ0) is 16.8. The average molecular weight is 423 g/mol. The summed E-state index contributed by atoms with van der Waals surface area (Å²) >= 11 is 1.72. The lowest BCUT2D eigenvalue weighted by Gasteiger charge is -2.35. The topological polar surface area (TPSA) is 71.2 Å². The monoisotopic (exact) mass is 422 g/mol. The molecule has 3 N–H and O–H groups in total. The van der Waals surface area contributed by atoms with Gasteiger partial charge in [-0.1, -0.05) is 19.3 Å². The maximum atomic E-state index is 12.3. The number of carbonyl (C=O) groups is 1. The number of amides is 1. The highest BCUT2D eigenvalue weighted by atomic mass is 35.5. The summed E-state index contributed by atoms with van der Waals surface area (Å²) in [6.07, 6.45) is 9.84. The van der Waals surface area contributed by atoms with E-state index >= 15 is 0 Å². The quantitative estimate of drug-likeness (QED) is 0.704. The molecule has 5 nitrogen and oxygen atoms in total. The van der Waals surface area contributed by atoms with Crippen LogP contribution in [0.1, 0.15) is 57.1 Å². The molecule has 2 heterocycles. The Morgan fingerprint density at radius 3 is 2.54 bits per heavy atom. The Hall–Kier alpha value is -0.560. The van der Waals surface area contributed by atoms with Gasteiger partial charge >= 0.3 is 0 Å². The zero-order valence-electron chi connectivity index (χ0n) is 15.4. The number of aromatic nitrogens is 1. The number of rotatable bonds is 7. The fourth-order valence-corrected chi connectivity index (χ4v) is 4.87. The van der Waals surface area contributed by atoms with Gasteiger partial charge in [-0.25, -0.2) is 4.98 Å². The van der Waals surface area contributed by atoms with E-state index in [4.69, 9.17) is 10.7 Å². The molecule has 1 saturated carbocycles. The third kappa shape index (κ3) is 6.25. The smallest absolute Gasteiger partial charge is 0.220 e. The van der Waals surface area contributed by atoms with Crippen LogP contribution in [0.15, 0.2) is 5.38 Å². The van der Waals surface area contributed by atoms with Crippen molar-refractivity contribution in [3.8, 4) is 0 Å². The van der Waals surface area contributed by atoms with E-state index in [2.05, 4.69) is 15.6 Å². The number of nitrogens with one attached hydrogen (secondary N) is 1. The van der Waals surface area contributed by atoms with Crippen LogP contribution in [0.4, 0.5) is 5.13 Å². The minimum atomic E-state index is 0. The first-order valence-electron chi connectivity index (χ1n) is 9.37. The summed E-state index contributed by atoms with van der Waals surface area (Å²) in [4.78, 5) is 19.4. The highest BCUT2D eigenvalue weighted by Gasteiger charge is 2.32. The molecule has 1 aromatic heterocycles. The Kier molecular flexibility index (Phi) is 10.2. The number of thiazole rings is 1. The van der Waals surface area contributed by atoms with Gasteiger partial charge in [0.05, 0.1) is 5.69 Å². The van der Waals surface area contributed by atoms with E-state index in [1.807, 2.05) is 0 Å². The first-order valence-corrected chi connectivity index (χ1v) is 10.2. The molecule has 1 amide bonds. The second-order valence-corrected chi connectivity index (χ2v) is 8.19. The molecule has 3 rings (SSSR count). The van der Waals surface area contributed by atoms with Crippen LogP contribution in [0.2, 0.25) is 0 Å². The molecular weight excluding hydrogens is 391 g/mol. The van der Waals surface area contributed by atoms with Gasteiger partial charge in [0.25, 0.3) is 0 Å². The minimum Gasteiger partial charge on any atom is -0.356 e. The lowest BCUT2D eigenvalue weighted by atomic mass is 9.71. The predicted octanol–water partition coefficient (Wildman–Crippen LogP) is 3.54. The Morgan fingerprint density at radius 2 is 1.88 bits per heavy atom. The normalized spacial score (nSPS) is 18.7. The molecule has 0 spiro atoms. The molecule has 2 fully saturated rings. The fourth-order valence-electron chi connectivity index (χ4n) is 3.95. The number of nitrogens with zero attached hydrogens (tertiary/aromatic N) is 2. The van der Waals surface area contributed by atoms with Gasteiger partial charge in [0.2, 0.25) is 5.91 Å². The number of carbonyl (C=O) groups excluding carboxylic acids is 1. The van der Waals surface area contributed by atoms with Gasteiger partial charge in [-0.3, -0.25) is 4.79 Å². The van der Waals surface area contributed by atoms with E-state index in [1.54, 1.807) is 11.3 Å². The maximum absolute atomic E-state index is 12.3. The van der Waals surface area contributed by atoms with Gasteiger partial charge in [0, 0.05) is 37.9 Å². The van der Waals surface area contributed by atoms with Crippen LogP contribution in [0.25, 0.3) is 0 Å². The van der Waals surface area contributed by atoms with E-state index in [9.17, 15) is 4.79 Å². The van der Waals surface area contributed by atoms with Crippen LogP contribution in [0, 0.1) is 5.41 Å². The molecule has 150 valence electrons. The summed E-state index contributed by atoms with van der Waals surface area (Å²) in [7, 11) is 0. The molecule has 0 bridgehead atoms. The van der Waals surface area contributed by atoms with E-state index < -0.39 is 0 Å². The summed E-state index contributed by atoms with van der Waals surface area (Å²) in [5.41, 5.74) is 7.11. The molecule has 2 aliphatic rings. The standard InChI is InChI=1S/C18H30N4OS.2ClH/c19-14-18(7-2-1-3-8-18)12-16(23)20-9-6-15-13-24-17(21-15)22-10-4-5-11-22;;/h13H,1-12,14,19H2,(H,20,23);2*1H. The second kappa shape index (κ2) is 11.3. The molecule has 8 heteroatoms. The summed E-state index contributed by atoms with van der Waals surface area (Å²) in [6, 6.07) is 0. The molecule has 1 aliphatic heterocycles. The molecule has 0 aromatic carbocycles. The molecule has 0 unspecified atom stereocenters. The van der Waals surface area contributed by atoms with Crippen LogP contribution in [-0.4, -0.2) is 37.1 Å². The summed E-state index contributed by atoms with van der Waals surface area (Å²) < 4.78 is 0. The minimum absolute atomic E-state index is 0. The third-order valence-electron chi connectivity index (χ3n) is 5.50. The Labute approximate surface area is 173 Å². The van der Waals surface area contributed by atoms with Crippen molar-refractivity contribution in [2.24, 2.45) is 11.1 Å². The molecular formula is C18H32Cl2N4OS. The summed E-state index contributed by atoms with van der Waals surface area (Å²) in [5, 5.41) is 6.34. The molecule has 1 aromatic rings. The van der Waals surface area contributed by atoms with Gasteiger partial charge in [0.15, 0.2) is 5.13 Å². The Morgan fingerprint density at radius 1 is 1.19 bits per heavy atom. The lowest BCUT2D eigenvalue weighted by molar-refractivity contribution is -0.123. The Bertz CT molecular complexity index is 543. The van der Waals surface area contributed by atoms with Crippen LogP contribution >= 0.6 is 36.2 Å². The van der Waals surface area contributed by atoms with Crippen LogP contribution in [0.5, 0.6) is 0 Å². The van der Waals surface area contributed by atoms with Crippen LogP contribution in [0.3, 0.4) is 0 Å². The first kappa shape index (κ1) is 23.5. The van der Waals surface area contributed by atoms with Crippen LogP contribution in [-0.2, 0) is 11.2 Å². The molecule has 0 radical (unpaired) electrons. The van der Waals surface area contributed by atoms with Crippen LogP contribution < -0.4 is 16.0 Å².